The molecule has 1 saturated carbocycles. The van der Waals surface area contributed by atoms with Gasteiger partial charge in [0.1, 0.15) is 5.75 Å². The molecule has 0 aromatic heterocycles. The average Bonchev–Trinajstić information content (AvgIpc) is 3.02. The Morgan fingerprint density at radius 3 is 2.30 bits per heavy atom. The van der Waals surface area contributed by atoms with E-state index in [1.54, 1.807) is 24.3 Å². The van der Waals surface area contributed by atoms with Gasteiger partial charge in [0.05, 0.1) is 29.9 Å². The number of fused-ring (bicyclic) bond motifs is 1. The van der Waals surface area contributed by atoms with E-state index < -0.39 is 6.10 Å². The number of amides is 2. The minimum Gasteiger partial charge on any atom is -0.493 e. The van der Waals surface area contributed by atoms with E-state index in [-0.39, 0.29) is 30.9 Å². The molecule has 2 amide bonds. The number of nitrogens with zero attached hydrogens (tertiary/aromatic N) is 1. The van der Waals surface area contributed by atoms with Crippen LogP contribution in [0.5, 0.6) is 5.75 Å². The molecule has 4 rings (SSSR count). The molecule has 158 valence electrons. The van der Waals surface area contributed by atoms with Gasteiger partial charge in [-0.05, 0) is 67.9 Å². The molecule has 2 aromatic carbocycles. The van der Waals surface area contributed by atoms with Gasteiger partial charge in [0.25, 0.3) is 11.8 Å². The Morgan fingerprint density at radius 2 is 1.63 bits per heavy atom. The largest absolute Gasteiger partial charge is 0.493 e. The molecule has 0 radical (unpaired) electrons. The fraction of sp³-hybridized carbons (Fsp3) is 0.417. The molecule has 1 aliphatic carbocycles. The standard InChI is InChI=1S/C24H27NO5/c26-18-10-8-16(9-11-18)15-30-19-5-3-4-17(14-19)22(27)12-13-25-23(28)20-6-1-2-7-21(20)24(25)29/h1-7,14,16,18,22,26-27H,8-13,15H2/t16?,18?,22-/m1/s1. The zero-order chi connectivity index (χ0) is 21.1. The Kier molecular flexibility index (Phi) is 6.16. The molecule has 0 saturated heterocycles. The van der Waals surface area contributed by atoms with Gasteiger partial charge in [-0.15, -0.1) is 0 Å². The summed E-state index contributed by atoms with van der Waals surface area (Å²) in [7, 11) is 0. The fourth-order valence-electron chi connectivity index (χ4n) is 4.20. The van der Waals surface area contributed by atoms with Crippen LogP contribution in [-0.4, -0.2) is 46.2 Å². The number of hydrogen-bond donors (Lipinski definition) is 2. The Labute approximate surface area is 176 Å². The van der Waals surface area contributed by atoms with Gasteiger partial charge in [0.2, 0.25) is 0 Å². The number of carbonyl (C=O) groups excluding carboxylic acids is 2. The van der Waals surface area contributed by atoms with Crippen LogP contribution in [0.25, 0.3) is 0 Å². The van der Waals surface area contributed by atoms with E-state index in [1.807, 2.05) is 24.3 Å². The maximum atomic E-state index is 12.5. The molecule has 6 heteroatoms. The van der Waals surface area contributed by atoms with Crippen LogP contribution < -0.4 is 4.74 Å². The zero-order valence-corrected chi connectivity index (χ0v) is 16.9. The highest BCUT2D eigenvalue weighted by Crippen LogP contribution is 2.28. The van der Waals surface area contributed by atoms with E-state index in [0.29, 0.717) is 35.0 Å². The van der Waals surface area contributed by atoms with Crippen LogP contribution in [0.2, 0.25) is 0 Å². The molecule has 0 bridgehead atoms. The lowest BCUT2D eigenvalue weighted by Crippen LogP contribution is -2.31. The van der Waals surface area contributed by atoms with Crippen LogP contribution in [-0.2, 0) is 0 Å². The minimum atomic E-state index is -0.803. The summed E-state index contributed by atoms with van der Waals surface area (Å²) in [5, 5.41) is 20.2. The lowest BCUT2D eigenvalue weighted by atomic mass is 9.88. The molecule has 6 nitrogen and oxygen atoms in total. The third kappa shape index (κ3) is 4.40. The van der Waals surface area contributed by atoms with Gasteiger partial charge in [-0.2, -0.15) is 0 Å². The highest BCUT2D eigenvalue weighted by Gasteiger charge is 2.35. The predicted molar refractivity (Wildman–Crippen MR) is 111 cm³/mol. The molecule has 2 N–H and O–H groups in total. The predicted octanol–water partition coefficient (Wildman–Crippen LogP) is 3.34. The van der Waals surface area contributed by atoms with Gasteiger partial charge in [-0.25, -0.2) is 0 Å². The van der Waals surface area contributed by atoms with Gasteiger partial charge in [0, 0.05) is 6.54 Å². The maximum absolute atomic E-state index is 12.5. The summed E-state index contributed by atoms with van der Waals surface area (Å²) in [4.78, 5) is 26.1. The first-order valence-electron chi connectivity index (χ1n) is 10.6. The van der Waals surface area contributed by atoms with E-state index in [4.69, 9.17) is 4.74 Å². The lowest BCUT2D eigenvalue weighted by molar-refractivity contribution is 0.0621. The summed E-state index contributed by atoms with van der Waals surface area (Å²) in [6.07, 6.45) is 2.85. The highest BCUT2D eigenvalue weighted by molar-refractivity contribution is 6.21. The van der Waals surface area contributed by atoms with Gasteiger partial charge >= 0.3 is 0 Å². The second-order valence-corrected chi connectivity index (χ2v) is 8.17. The first-order valence-corrected chi connectivity index (χ1v) is 10.6. The molecule has 0 spiro atoms. The Balaban J connectivity index is 1.32. The topological polar surface area (TPSA) is 87.1 Å². The lowest BCUT2D eigenvalue weighted by Gasteiger charge is -2.25. The van der Waals surface area contributed by atoms with Crippen molar-refractivity contribution in [2.75, 3.05) is 13.2 Å². The average molecular weight is 409 g/mol. The first-order chi connectivity index (χ1) is 14.5. The van der Waals surface area contributed by atoms with Crippen molar-refractivity contribution >= 4 is 11.8 Å². The Hall–Kier alpha value is -2.70. The molecule has 1 aliphatic heterocycles. The summed E-state index contributed by atoms with van der Waals surface area (Å²) >= 11 is 0. The van der Waals surface area contributed by atoms with Gasteiger partial charge in [0.15, 0.2) is 0 Å². The molecule has 2 aromatic rings. The number of imide groups is 1. The van der Waals surface area contributed by atoms with Crippen molar-refractivity contribution in [3.8, 4) is 5.75 Å². The summed E-state index contributed by atoms with van der Waals surface area (Å²) in [5.41, 5.74) is 1.54. The number of hydrogen-bond acceptors (Lipinski definition) is 5. The van der Waals surface area contributed by atoms with Crippen LogP contribution in [0, 0.1) is 5.92 Å². The van der Waals surface area contributed by atoms with Crippen molar-refractivity contribution in [1.82, 2.24) is 4.90 Å². The molecular weight excluding hydrogens is 382 g/mol. The van der Waals surface area contributed by atoms with Crippen molar-refractivity contribution in [3.63, 3.8) is 0 Å². The molecule has 2 aliphatic rings. The minimum absolute atomic E-state index is 0.156. The summed E-state index contributed by atoms with van der Waals surface area (Å²) in [5.74, 6) is 0.518. The molecular formula is C24H27NO5. The van der Waals surface area contributed by atoms with E-state index in [2.05, 4.69) is 0 Å². The number of aliphatic hydroxyl groups excluding tert-OH is 2. The van der Waals surface area contributed by atoms with Crippen molar-refractivity contribution in [2.24, 2.45) is 5.92 Å². The Bertz CT molecular complexity index is 884. The number of benzene rings is 2. The van der Waals surface area contributed by atoms with E-state index in [9.17, 15) is 19.8 Å². The molecule has 1 atom stereocenters. The van der Waals surface area contributed by atoms with Gasteiger partial charge in [-0.1, -0.05) is 24.3 Å². The van der Waals surface area contributed by atoms with Crippen molar-refractivity contribution < 1.29 is 24.5 Å². The number of carbonyl (C=O) groups is 2. The second kappa shape index (κ2) is 8.98. The molecule has 1 fully saturated rings. The van der Waals surface area contributed by atoms with E-state index >= 15 is 0 Å². The molecule has 1 heterocycles. The van der Waals surface area contributed by atoms with Gasteiger partial charge in [-0.3, -0.25) is 14.5 Å². The van der Waals surface area contributed by atoms with E-state index in [1.165, 1.54) is 4.90 Å². The van der Waals surface area contributed by atoms with Crippen LogP contribution in [0.1, 0.15) is 64.5 Å². The smallest absolute Gasteiger partial charge is 0.261 e. The van der Waals surface area contributed by atoms with Crippen molar-refractivity contribution in [2.45, 2.75) is 44.3 Å². The number of aliphatic hydroxyl groups is 2. The van der Waals surface area contributed by atoms with Crippen LogP contribution in [0.4, 0.5) is 0 Å². The SMILES string of the molecule is O=C1c2ccccc2C(=O)N1CC[C@@H](O)c1cccc(OCC2CCC(O)CC2)c1. The number of rotatable bonds is 7. The number of ether oxygens (including phenoxy) is 1. The van der Waals surface area contributed by atoms with Crippen LogP contribution >= 0.6 is 0 Å². The second-order valence-electron chi connectivity index (χ2n) is 8.17. The van der Waals surface area contributed by atoms with Crippen LogP contribution in [0.15, 0.2) is 48.5 Å². The third-order valence-electron chi connectivity index (χ3n) is 6.05. The Morgan fingerprint density at radius 1 is 0.967 bits per heavy atom. The molecule has 0 unspecified atom stereocenters. The normalized spacial score (nSPS) is 22.1. The summed E-state index contributed by atoms with van der Waals surface area (Å²) in [6, 6.07) is 14.1. The highest BCUT2D eigenvalue weighted by atomic mass is 16.5. The maximum Gasteiger partial charge on any atom is 0.261 e. The van der Waals surface area contributed by atoms with Crippen LogP contribution in [0.3, 0.4) is 0 Å². The first kappa shape index (κ1) is 20.6. The quantitative estimate of drug-likeness (QED) is 0.685. The van der Waals surface area contributed by atoms with Gasteiger partial charge < -0.3 is 14.9 Å². The molecule has 30 heavy (non-hydrogen) atoms. The van der Waals surface area contributed by atoms with E-state index in [0.717, 1.165) is 25.7 Å². The summed E-state index contributed by atoms with van der Waals surface area (Å²) in [6.45, 7) is 0.754. The van der Waals surface area contributed by atoms with Crippen molar-refractivity contribution in [1.29, 1.82) is 0 Å². The third-order valence-corrected chi connectivity index (χ3v) is 6.05. The van der Waals surface area contributed by atoms with Crippen molar-refractivity contribution in [3.05, 3.63) is 65.2 Å². The fourth-order valence-corrected chi connectivity index (χ4v) is 4.20. The monoisotopic (exact) mass is 409 g/mol. The zero-order valence-electron chi connectivity index (χ0n) is 16.9. The summed E-state index contributed by atoms with van der Waals surface area (Å²) < 4.78 is 5.91.